The van der Waals surface area contributed by atoms with E-state index in [9.17, 15) is 19.5 Å². The molecule has 2 aromatic carbocycles. The summed E-state index contributed by atoms with van der Waals surface area (Å²) in [6.07, 6.45) is 2.43. The number of piperidine rings is 1. The molecule has 1 aliphatic heterocycles. The number of fused-ring (bicyclic) bond motifs is 1. The molecular weight excluding hydrogens is 424 g/mol. The number of carbonyl (C=O) groups is 2. The Hall–Kier alpha value is -3.85. The topological polar surface area (TPSA) is 124 Å². The molecule has 1 aliphatic rings. The Balaban J connectivity index is 1.30. The Kier molecular flexibility index (Phi) is 6.60. The van der Waals surface area contributed by atoms with Gasteiger partial charge in [-0.05, 0) is 61.7 Å². The number of hydrogen-bond acceptors (Lipinski definition) is 6. The van der Waals surface area contributed by atoms with E-state index in [2.05, 4.69) is 28.0 Å². The fourth-order valence-electron chi connectivity index (χ4n) is 3.80. The van der Waals surface area contributed by atoms with Crippen LogP contribution in [0.1, 0.15) is 35.7 Å². The predicted molar refractivity (Wildman–Crippen MR) is 124 cm³/mol. The van der Waals surface area contributed by atoms with Crippen molar-refractivity contribution < 1.29 is 19.1 Å². The zero-order valence-electron chi connectivity index (χ0n) is 18.3. The van der Waals surface area contributed by atoms with Gasteiger partial charge in [0.15, 0.2) is 11.3 Å². The quantitative estimate of drug-likeness (QED) is 0.358. The second kappa shape index (κ2) is 9.74. The number of aromatic hydroxyl groups is 1. The fraction of sp³-hybridized carbons (Fsp3) is 0.292. The smallest absolute Gasteiger partial charge is 0.349 e. The Bertz CT molecular complexity index is 1210. The van der Waals surface area contributed by atoms with Crippen LogP contribution in [0.4, 0.5) is 10.5 Å². The number of para-hydroxylation sites is 1. The van der Waals surface area contributed by atoms with Gasteiger partial charge in [-0.15, -0.1) is 0 Å². The number of nitrogens with one attached hydrogen (secondary N) is 3. The van der Waals surface area contributed by atoms with Gasteiger partial charge in [-0.25, -0.2) is 15.0 Å². The summed E-state index contributed by atoms with van der Waals surface area (Å²) in [4.78, 5) is 39.0. The van der Waals surface area contributed by atoms with Crippen molar-refractivity contribution in [3.8, 4) is 5.75 Å². The maximum atomic E-state index is 12.3. The molecule has 2 heterocycles. The Morgan fingerprint density at radius 1 is 1.09 bits per heavy atom. The average Bonchev–Trinajstić information content (AvgIpc) is 2.80. The van der Waals surface area contributed by atoms with Crippen LogP contribution in [0.2, 0.25) is 0 Å². The van der Waals surface area contributed by atoms with Crippen LogP contribution in [0, 0.1) is 5.92 Å². The van der Waals surface area contributed by atoms with Crippen molar-refractivity contribution in [2.75, 3.05) is 18.4 Å². The molecule has 0 atom stereocenters. The monoisotopic (exact) mass is 450 g/mol. The highest BCUT2D eigenvalue weighted by atomic mass is 16.4. The SMILES string of the molecule is CC1CCN(Cc2ccc(NC(=O)NNC(=O)c3cc4cccc(O)c4oc3=O)cc2)CC1. The van der Waals surface area contributed by atoms with Crippen molar-refractivity contribution in [1.82, 2.24) is 15.8 Å². The Labute approximate surface area is 190 Å². The number of carbonyl (C=O) groups excluding carboxylic acids is 2. The molecule has 0 aliphatic carbocycles. The van der Waals surface area contributed by atoms with Crippen LogP contribution < -0.4 is 21.8 Å². The van der Waals surface area contributed by atoms with Crippen LogP contribution >= 0.6 is 0 Å². The second-order valence-corrected chi connectivity index (χ2v) is 8.33. The van der Waals surface area contributed by atoms with E-state index in [4.69, 9.17) is 4.42 Å². The summed E-state index contributed by atoms with van der Waals surface area (Å²) >= 11 is 0. The molecular formula is C24H26N4O5. The van der Waals surface area contributed by atoms with E-state index in [0.717, 1.165) is 31.1 Å². The lowest BCUT2D eigenvalue weighted by Gasteiger charge is -2.30. The van der Waals surface area contributed by atoms with Crippen molar-refractivity contribution in [3.63, 3.8) is 0 Å². The highest BCUT2D eigenvalue weighted by Gasteiger charge is 2.17. The van der Waals surface area contributed by atoms with Gasteiger partial charge in [-0.2, -0.15) is 0 Å². The molecule has 4 N–H and O–H groups in total. The van der Waals surface area contributed by atoms with Crippen LogP contribution in [0.5, 0.6) is 5.75 Å². The number of rotatable bonds is 4. The summed E-state index contributed by atoms with van der Waals surface area (Å²) in [5.41, 5.74) is 4.88. The van der Waals surface area contributed by atoms with E-state index in [1.165, 1.54) is 25.0 Å². The molecule has 9 nitrogen and oxygen atoms in total. The van der Waals surface area contributed by atoms with E-state index in [1.54, 1.807) is 24.3 Å². The van der Waals surface area contributed by atoms with Gasteiger partial charge in [0.25, 0.3) is 5.91 Å². The van der Waals surface area contributed by atoms with Gasteiger partial charge in [0.05, 0.1) is 0 Å². The minimum Gasteiger partial charge on any atom is -0.504 e. The molecule has 172 valence electrons. The average molecular weight is 450 g/mol. The van der Waals surface area contributed by atoms with Crippen LogP contribution in [0.15, 0.2) is 57.7 Å². The fourth-order valence-corrected chi connectivity index (χ4v) is 3.80. The minimum absolute atomic E-state index is 0.0111. The predicted octanol–water partition coefficient (Wildman–Crippen LogP) is 3.20. The first-order valence-corrected chi connectivity index (χ1v) is 10.8. The third-order valence-electron chi connectivity index (χ3n) is 5.77. The van der Waals surface area contributed by atoms with Gasteiger partial charge < -0.3 is 14.8 Å². The number of anilines is 1. The summed E-state index contributed by atoms with van der Waals surface area (Å²) in [6.45, 7) is 5.36. The number of amides is 3. The molecule has 1 aromatic heterocycles. The van der Waals surface area contributed by atoms with E-state index in [0.29, 0.717) is 11.1 Å². The van der Waals surface area contributed by atoms with Crippen molar-refractivity contribution in [1.29, 1.82) is 0 Å². The molecule has 0 bridgehead atoms. The Morgan fingerprint density at radius 2 is 1.82 bits per heavy atom. The molecule has 0 saturated carbocycles. The standard InChI is InChI=1S/C24H26N4O5/c1-15-9-11-28(12-10-15)14-16-5-7-18(8-6-16)25-24(32)27-26-22(30)19-13-17-3-2-4-20(29)21(17)33-23(19)31/h2-8,13,15,29H,9-12,14H2,1H3,(H,26,30)(H2,25,27,32). The molecule has 1 fully saturated rings. The van der Waals surface area contributed by atoms with Gasteiger partial charge in [-0.1, -0.05) is 31.2 Å². The summed E-state index contributed by atoms with van der Waals surface area (Å²) in [7, 11) is 0. The number of phenolic OH excluding ortho intramolecular Hbond substituents is 1. The van der Waals surface area contributed by atoms with Crippen LogP contribution in [0.25, 0.3) is 11.0 Å². The largest absolute Gasteiger partial charge is 0.504 e. The number of benzene rings is 2. The highest BCUT2D eigenvalue weighted by Crippen LogP contribution is 2.23. The van der Waals surface area contributed by atoms with Gasteiger partial charge in [0.2, 0.25) is 0 Å². The molecule has 1 saturated heterocycles. The maximum Gasteiger partial charge on any atom is 0.349 e. The summed E-state index contributed by atoms with van der Waals surface area (Å²) in [5.74, 6) is -0.253. The Morgan fingerprint density at radius 3 is 2.55 bits per heavy atom. The third kappa shape index (κ3) is 5.50. The van der Waals surface area contributed by atoms with E-state index in [1.807, 2.05) is 12.1 Å². The van der Waals surface area contributed by atoms with E-state index in [-0.39, 0.29) is 16.9 Å². The van der Waals surface area contributed by atoms with Crippen molar-refractivity contribution in [3.05, 3.63) is 70.1 Å². The lowest BCUT2D eigenvalue weighted by atomic mass is 9.99. The van der Waals surface area contributed by atoms with Crippen LogP contribution in [-0.4, -0.2) is 35.0 Å². The van der Waals surface area contributed by atoms with Gasteiger partial charge >= 0.3 is 11.7 Å². The van der Waals surface area contributed by atoms with Gasteiger partial charge in [0.1, 0.15) is 5.56 Å². The summed E-state index contributed by atoms with van der Waals surface area (Å²) in [6, 6.07) is 12.7. The normalized spacial score (nSPS) is 14.7. The third-order valence-corrected chi connectivity index (χ3v) is 5.77. The maximum absolute atomic E-state index is 12.3. The van der Waals surface area contributed by atoms with Crippen molar-refractivity contribution in [2.24, 2.45) is 5.92 Å². The van der Waals surface area contributed by atoms with E-state index >= 15 is 0 Å². The molecule has 0 unspecified atom stereocenters. The molecule has 3 aromatic rings. The zero-order chi connectivity index (χ0) is 23.4. The molecule has 0 spiro atoms. The lowest BCUT2D eigenvalue weighted by molar-refractivity contribution is 0.0934. The zero-order valence-corrected chi connectivity index (χ0v) is 18.3. The first-order valence-electron chi connectivity index (χ1n) is 10.8. The number of likely N-dealkylation sites (tertiary alicyclic amines) is 1. The molecule has 9 heteroatoms. The number of hydrazine groups is 1. The molecule has 3 amide bonds. The molecule has 33 heavy (non-hydrogen) atoms. The highest BCUT2D eigenvalue weighted by molar-refractivity contribution is 5.99. The second-order valence-electron chi connectivity index (χ2n) is 8.33. The number of nitrogens with zero attached hydrogens (tertiary/aromatic N) is 1. The van der Waals surface area contributed by atoms with Crippen LogP contribution in [-0.2, 0) is 6.54 Å². The van der Waals surface area contributed by atoms with Gasteiger partial charge in [-0.3, -0.25) is 15.1 Å². The summed E-state index contributed by atoms with van der Waals surface area (Å²) < 4.78 is 5.02. The van der Waals surface area contributed by atoms with Crippen LogP contribution in [0.3, 0.4) is 0 Å². The number of phenols is 1. The minimum atomic E-state index is -0.928. The first kappa shape index (κ1) is 22.3. The van der Waals surface area contributed by atoms with Gasteiger partial charge in [0, 0.05) is 17.6 Å². The first-order chi connectivity index (χ1) is 15.9. The van der Waals surface area contributed by atoms with Crippen molar-refractivity contribution >= 4 is 28.6 Å². The molecule has 4 rings (SSSR count). The van der Waals surface area contributed by atoms with E-state index < -0.39 is 17.6 Å². The summed E-state index contributed by atoms with van der Waals surface area (Å²) in [5, 5.41) is 12.8. The molecule has 0 radical (unpaired) electrons. The van der Waals surface area contributed by atoms with Crippen molar-refractivity contribution in [2.45, 2.75) is 26.3 Å². The number of urea groups is 1. The number of hydrogen-bond donors (Lipinski definition) is 4. The lowest BCUT2D eigenvalue weighted by Crippen LogP contribution is -2.45.